The Morgan fingerprint density at radius 3 is 2.67 bits per heavy atom. The lowest BCUT2D eigenvalue weighted by Gasteiger charge is -2.23. The lowest BCUT2D eigenvalue weighted by molar-refractivity contribution is -0.110. The Kier molecular flexibility index (Phi) is 2.83. The molecule has 0 spiro atoms. The second-order valence-electron chi connectivity index (χ2n) is 3.57. The molecule has 1 aliphatic heterocycles. The molecule has 1 saturated heterocycles. The van der Waals surface area contributed by atoms with Crippen molar-refractivity contribution in [1.82, 2.24) is 4.90 Å². The van der Waals surface area contributed by atoms with Gasteiger partial charge in [0.2, 0.25) is 0 Å². The molecular formula is C9H14N2O. The van der Waals surface area contributed by atoms with Crippen molar-refractivity contribution in [2.24, 2.45) is 5.92 Å². The van der Waals surface area contributed by atoms with Crippen LogP contribution in [0.3, 0.4) is 0 Å². The first kappa shape index (κ1) is 9.21. The number of carbonyl (C=O) groups excluding carboxylic acids is 1. The predicted molar refractivity (Wildman–Crippen MR) is 45.4 cm³/mol. The zero-order valence-electron chi connectivity index (χ0n) is 7.53. The zero-order chi connectivity index (χ0) is 9.14. The molecule has 1 heterocycles. The number of carbonyl (C=O) groups is 1. The van der Waals surface area contributed by atoms with Crippen molar-refractivity contribution in [3.05, 3.63) is 0 Å². The summed E-state index contributed by atoms with van der Waals surface area (Å²) >= 11 is 0. The van der Waals surface area contributed by atoms with Crippen molar-refractivity contribution in [3.63, 3.8) is 0 Å². The quantitative estimate of drug-likeness (QED) is 0.570. The van der Waals surface area contributed by atoms with Crippen LogP contribution in [0.2, 0.25) is 0 Å². The van der Waals surface area contributed by atoms with Crippen LogP contribution < -0.4 is 0 Å². The van der Waals surface area contributed by atoms with Crippen LogP contribution in [-0.4, -0.2) is 29.8 Å². The molecule has 3 heteroatoms. The van der Waals surface area contributed by atoms with Gasteiger partial charge in [-0.2, -0.15) is 5.26 Å². The number of hydrogen-bond acceptors (Lipinski definition) is 3. The van der Waals surface area contributed by atoms with Gasteiger partial charge in [-0.1, -0.05) is 0 Å². The fourth-order valence-electron chi connectivity index (χ4n) is 1.69. The molecule has 2 unspecified atom stereocenters. The summed E-state index contributed by atoms with van der Waals surface area (Å²) in [6.07, 6.45) is 1.67. The van der Waals surface area contributed by atoms with E-state index in [2.05, 4.69) is 24.8 Å². The SMILES string of the molecule is CC(C)N1CC(C=O)CC1C#N. The molecule has 12 heavy (non-hydrogen) atoms. The van der Waals surface area contributed by atoms with Gasteiger partial charge in [0.05, 0.1) is 12.1 Å². The summed E-state index contributed by atoms with van der Waals surface area (Å²) < 4.78 is 0. The van der Waals surface area contributed by atoms with Gasteiger partial charge in [-0.3, -0.25) is 4.90 Å². The van der Waals surface area contributed by atoms with Crippen LogP contribution in [0.25, 0.3) is 0 Å². The Bertz CT molecular complexity index is 207. The summed E-state index contributed by atoms with van der Waals surface area (Å²) in [5.74, 6) is 0.0667. The molecule has 2 atom stereocenters. The molecular weight excluding hydrogens is 152 g/mol. The van der Waals surface area contributed by atoms with E-state index in [1.807, 2.05) is 0 Å². The highest BCUT2D eigenvalue weighted by molar-refractivity contribution is 5.55. The van der Waals surface area contributed by atoms with E-state index in [1.54, 1.807) is 0 Å². The maximum atomic E-state index is 10.5. The van der Waals surface area contributed by atoms with E-state index in [0.29, 0.717) is 12.5 Å². The third kappa shape index (κ3) is 1.64. The van der Waals surface area contributed by atoms with Crippen LogP contribution in [0, 0.1) is 17.2 Å². The fraction of sp³-hybridized carbons (Fsp3) is 0.778. The highest BCUT2D eigenvalue weighted by Gasteiger charge is 2.32. The van der Waals surface area contributed by atoms with Gasteiger partial charge in [0.15, 0.2) is 0 Å². The number of aldehydes is 1. The number of rotatable bonds is 2. The highest BCUT2D eigenvalue weighted by Crippen LogP contribution is 2.23. The average molecular weight is 166 g/mol. The molecule has 66 valence electrons. The van der Waals surface area contributed by atoms with E-state index < -0.39 is 0 Å². The summed E-state index contributed by atoms with van der Waals surface area (Å²) in [4.78, 5) is 12.6. The summed E-state index contributed by atoms with van der Waals surface area (Å²) in [5.41, 5.74) is 0. The van der Waals surface area contributed by atoms with E-state index in [4.69, 9.17) is 5.26 Å². The van der Waals surface area contributed by atoms with Gasteiger partial charge < -0.3 is 4.79 Å². The van der Waals surface area contributed by atoms with Crippen LogP contribution in [0.5, 0.6) is 0 Å². The van der Waals surface area contributed by atoms with Crippen LogP contribution in [0.1, 0.15) is 20.3 Å². The molecule has 3 nitrogen and oxygen atoms in total. The highest BCUT2D eigenvalue weighted by atomic mass is 16.1. The second-order valence-corrected chi connectivity index (χ2v) is 3.57. The van der Waals surface area contributed by atoms with Gasteiger partial charge in [0.1, 0.15) is 6.29 Å². The van der Waals surface area contributed by atoms with Crippen molar-refractivity contribution in [2.75, 3.05) is 6.54 Å². The van der Waals surface area contributed by atoms with Crippen LogP contribution in [-0.2, 0) is 4.79 Å². The Morgan fingerprint density at radius 2 is 2.33 bits per heavy atom. The summed E-state index contributed by atoms with van der Waals surface area (Å²) in [6.45, 7) is 4.86. The second kappa shape index (κ2) is 3.68. The molecule has 1 aliphatic rings. The normalized spacial score (nSPS) is 30.5. The molecule has 1 fully saturated rings. The average Bonchev–Trinajstić information content (AvgIpc) is 2.47. The first-order chi connectivity index (χ1) is 5.69. The molecule has 0 amide bonds. The topological polar surface area (TPSA) is 44.1 Å². The van der Waals surface area contributed by atoms with Gasteiger partial charge in [-0.15, -0.1) is 0 Å². The van der Waals surface area contributed by atoms with Gasteiger partial charge in [0.25, 0.3) is 0 Å². The molecule has 0 aliphatic carbocycles. The van der Waals surface area contributed by atoms with Crippen molar-refractivity contribution < 1.29 is 4.79 Å². The minimum Gasteiger partial charge on any atom is -0.303 e. The Morgan fingerprint density at radius 1 is 1.67 bits per heavy atom. The van der Waals surface area contributed by atoms with Crippen molar-refractivity contribution in [1.29, 1.82) is 5.26 Å². The monoisotopic (exact) mass is 166 g/mol. The largest absolute Gasteiger partial charge is 0.303 e. The van der Waals surface area contributed by atoms with Crippen LogP contribution in [0.4, 0.5) is 0 Å². The van der Waals surface area contributed by atoms with Crippen LogP contribution >= 0.6 is 0 Å². The van der Waals surface area contributed by atoms with Crippen molar-refractivity contribution in [2.45, 2.75) is 32.4 Å². The first-order valence-corrected chi connectivity index (χ1v) is 4.29. The number of hydrogen-bond donors (Lipinski definition) is 0. The smallest absolute Gasteiger partial charge is 0.124 e. The molecule has 0 aromatic rings. The van der Waals surface area contributed by atoms with Gasteiger partial charge >= 0.3 is 0 Å². The van der Waals surface area contributed by atoms with Crippen molar-refractivity contribution in [3.8, 4) is 6.07 Å². The van der Waals surface area contributed by atoms with E-state index in [1.165, 1.54) is 0 Å². The summed E-state index contributed by atoms with van der Waals surface area (Å²) in [5, 5.41) is 8.79. The Labute approximate surface area is 73.0 Å². The Balaban J connectivity index is 2.64. The molecule has 0 aromatic heterocycles. The summed E-state index contributed by atoms with van der Waals surface area (Å²) in [6, 6.07) is 2.53. The lowest BCUT2D eigenvalue weighted by Crippen LogP contribution is -2.34. The first-order valence-electron chi connectivity index (χ1n) is 4.29. The lowest BCUT2D eigenvalue weighted by atomic mass is 10.1. The van der Waals surface area contributed by atoms with Gasteiger partial charge in [0, 0.05) is 18.5 Å². The van der Waals surface area contributed by atoms with Gasteiger partial charge in [-0.25, -0.2) is 0 Å². The molecule has 0 saturated carbocycles. The number of nitrogens with zero attached hydrogens (tertiary/aromatic N) is 2. The molecule has 1 rings (SSSR count). The molecule has 0 radical (unpaired) electrons. The van der Waals surface area contributed by atoms with E-state index in [-0.39, 0.29) is 12.0 Å². The third-order valence-corrected chi connectivity index (χ3v) is 2.38. The standard InChI is InChI=1S/C9H14N2O/c1-7(2)11-5-8(6-12)3-9(11)4-10/h6-9H,3,5H2,1-2H3. The minimum absolute atomic E-state index is 0.0554. The number of nitriles is 1. The molecule has 0 aromatic carbocycles. The molecule has 0 bridgehead atoms. The summed E-state index contributed by atoms with van der Waals surface area (Å²) in [7, 11) is 0. The Hall–Kier alpha value is -0.880. The minimum atomic E-state index is -0.0554. The third-order valence-electron chi connectivity index (χ3n) is 2.38. The zero-order valence-corrected chi connectivity index (χ0v) is 7.53. The number of likely N-dealkylation sites (tertiary alicyclic amines) is 1. The van der Waals surface area contributed by atoms with E-state index in [9.17, 15) is 4.79 Å². The predicted octanol–water partition coefficient (Wildman–Crippen LogP) is 0.808. The fourth-order valence-corrected chi connectivity index (χ4v) is 1.69. The maximum absolute atomic E-state index is 10.5. The van der Waals surface area contributed by atoms with E-state index >= 15 is 0 Å². The van der Waals surface area contributed by atoms with Crippen molar-refractivity contribution >= 4 is 6.29 Å². The molecule has 0 N–H and O–H groups in total. The maximum Gasteiger partial charge on any atom is 0.124 e. The van der Waals surface area contributed by atoms with Crippen LogP contribution in [0.15, 0.2) is 0 Å². The van der Waals surface area contributed by atoms with E-state index in [0.717, 1.165) is 12.8 Å². The van der Waals surface area contributed by atoms with Gasteiger partial charge in [-0.05, 0) is 20.3 Å².